The Kier molecular flexibility index (Phi) is 5.66. The summed E-state index contributed by atoms with van der Waals surface area (Å²) in [6.45, 7) is 1.47. The first-order valence-corrected chi connectivity index (χ1v) is 9.90. The number of thiazole rings is 1. The van der Waals surface area contributed by atoms with Crippen LogP contribution in [0.1, 0.15) is 17.8 Å². The van der Waals surface area contributed by atoms with Gasteiger partial charge in [0.15, 0.2) is 0 Å². The number of thioether (sulfide) groups is 1. The molecule has 0 spiro atoms. The molecule has 0 saturated heterocycles. The quantitative estimate of drug-likeness (QED) is 0.513. The number of hydrogen-bond donors (Lipinski definition) is 1. The van der Waals surface area contributed by atoms with Crippen LogP contribution in [0.15, 0.2) is 53.5 Å². The molecule has 1 heterocycles. The van der Waals surface area contributed by atoms with Crippen LogP contribution in [0.25, 0.3) is 10.2 Å². The molecule has 1 amide bonds. The highest BCUT2D eigenvalue weighted by Gasteiger charge is 2.21. The highest BCUT2D eigenvalue weighted by molar-refractivity contribution is 8.13. The van der Waals surface area contributed by atoms with Crippen molar-refractivity contribution >= 4 is 55.6 Å². The van der Waals surface area contributed by atoms with E-state index in [1.165, 1.54) is 30.0 Å². The summed E-state index contributed by atoms with van der Waals surface area (Å²) in [5.41, 5.74) is 2.34. The molecule has 1 N–H and O–H groups in total. The van der Waals surface area contributed by atoms with Crippen LogP contribution >= 0.6 is 23.1 Å². The molecule has 0 radical (unpaired) electrons. The monoisotopic (exact) mass is 380 g/mol. The van der Waals surface area contributed by atoms with E-state index < -0.39 is 5.92 Å². The fraction of sp³-hybridized carbons (Fsp3) is 0.158. The van der Waals surface area contributed by atoms with E-state index in [4.69, 9.17) is 0 Å². The molecule has 7 heteroatoms. The predicted octanol–water partition coefficient (Wildman–Crippen LogP) is 4.96. The highest BCUT2D eigenvalue weighted by Crippen LogP contribution is 2.31. The lowest BCUT2D eigenvalue weighted by Crippen LogP contribution is -2.06. The molecule has 3 rings (SSSR count). The lowest BCUT2D eigenvalue weighted by atomic mass is 10.2. The number of carbonyl (C=O) groups excluding carboxylic acids is 1. The molecule has 3 aromatic rings. The van der Waals surface area contributed by atoms with E-state index in [1.807, 2.05) is 42.7 Å². The Bertz CT molecular complexity index is 969. The first kappa shape index (κ1) is 18.1. The average molecular weight is 380 g/mol. The number of aliphatic imine (C=N–C) groups is 1. The van der Waals surface area contributed by atoms with Gasteiger partial charge < -0.3 is 5.32 Å². The van der Waals surface area contributed by atoms with Crippen LogP contribution in [0.3, 0.4) is 0 Å². The molecule has 0 aliphatic rings. The Morgan fingerprint density at radius 1 is 1.27 bits per heavy atom. The first-order chi connectivity index (χ1) is 12.6. The van der Waals surface area contributed by atoms with Crippen LogP contribution < -0.4 is 5.32 Å². The van der Waals surface area contributed by atoms with Crippen molar-refractivity contribution in [2.75, 3.05) is 11.6 Å². The smallest absolute Gasteiger partial charge is 0.221 e. The number of para-hydroxylation sites is 1. The van der Waals surface area contributed by atoms with E-state index >= 15 is 0 Å². The third kappa shape index (κ3) is 4.10. The normalized spacial score (nSPS) is 12.6. The van der Waals surface area contributed by atoms with Crippen molar-refractivity contribution in [3.05, 3.63) is 53.5 Å². The summed E-state index contributed by atoms with van der Waals surface area (Å²) in [6, 6.07) is 17.4. The lowest BCUT2D eigenvalue weighted by molar-refractivity contribution is -0.114. The fourth-order valence-corrected chi connectivity index (χ4v) is 4.10. The van der Waals surface area contributed by atoms with Gasteiger partial charge in [0.05, 0.1) is 27.0 Å². The van der Waals surface area contributed by atoms with Gasteiger partial charge in [0, 0.05) is 12.6 Å². The molecule has 0 saturated carbocycles. The van der Waals surface area contributed by atoms with E-state index in [-0.39, 0.29) is 5.91 Å². The molecular formula is C19H16N4OS2. The summed E-state index contributed by atoms with van der Waals surface area (Å²) < 4.78 is 1.06. The van der Waals surface area contributed by atoms with Crippen molar-refractivity contribution in [1.29, 1.82) is 5.26 Å². The number of nitrogens with zero attached hydrogens (tertiary/aromatic N) is 3. The van der Waals surface area contributed by atoms with Crippen LogP contribution in [0.2, 0.25) is 0 Å². The summed E-state index contributed by atoms with van der Waals surface area (Å²) in [7, 11) is 0. The summed E-state index contributed by atoms with van der Waals surface area (Å²) in [5.74, 6) is -0.621. The van der Waals surface area contributed by atoms with Gasteiger partial charge in [0.25, 0.3) is 0 Å². The van der Waals surface area contributed by atoms with Crippen molar-refractivity contribution in [2.45, 2.75) is 12.8 Å². The molecule has 1 unspecified atom stereocenters. The van der Waals surface area contributed by atoms with E-state index in [1.54, 1.807) is 12.1 Å². The number of rotatable bonds is 4. The standard InChI is InChI=1S/C19H16N4OS2/c1-12(24)21-13-7-9-14(10-8-13)22-18(25-2)15(11-20)19-23-16-5-3-4-6-17(16)26-19/h3-10,15H,1-2H3,(H,21,24). The van der Waals surface area contributed by atoms with Gasteiger partial charge in [-0.3, -0.25) is 4.79 Å². The second kappa shape index (κ2) is 8.13. The van der Waals surface area contributed by atoms with Gasteiger partial charge in [-0.15, -0.1) is 23.1 Å². The second-order valence-electron chi connectivity index (χ2n) is 5.46. The summed E-state index contributed by atoms with van der Waals surface area (Å²) in [5, 5.41) is 13.9. The highest BCUT2D eigenvalue weighted by atomic mass is 32.2. The summed E-state index contributed by atoms with van der Waals surface area (Å²) in [6.07, 6.45) is 1.90. The average Bonchev–Trinajstić information content (AvgIpc) is 3.06. The third-order valence-corrected chi connectivity index (χ3v) is 5.42. The SMILES string of the molecule is CSC(=Nc1ccc(NC(C)=O)cc1)C(C#N)c1nc2ccccc2s1. The number of nitrogens with one attached hydrogen (secondary N) is 1. The Morgan fingerprint density at radius 2 is 2.00 bits per heavy atom. The maximum Gasteiger partial charge on any atom is 0.221 e. The minimum Gasteiger partial charge on any atom is -0.326 e. The molecule has 0 aliphatic heterocycles. The number of nitriles is 1. The zero-order chi connectivity index (χ0) is 18.5. The number of hydrogen-bond acceptors (Lipinski definition) is 6. The number of aromatic nitrogens is 1. The van der Waals surface area contributed by atoms with Gasteiger partial charge in [0.2, 0.25) is 5.91 Å². The molecule has 0 fully saturated rings. The molecule has 26 heavy (non-hydrogen) atoms. The molecular weight excluding hydrogens is 364 g/mol. The molecule has 5 nitrogen and oxygen atoms in total. The zero-order valence-electron chi connectivity index (χ0n) is 14.3. The number of anilines is 1. The first-order valence-electron chi connectivity index (χ1n) is 7.86. The molecule has 130 valence electrons. The van der Waals surface area contributed by atoms with Gasteiger partial charge in [-0.2, -0.15) is 5.26 Å². The maximum absolute atomic E-state index is 11.1. The van der Waals surface area contributed by atoms with Crippen LogP contribution in [0, 0.1) is 11.3 Å². The van der Waals surface area contributed by atoms with Crippen LogP contribution in [0.4, 0.5) is 11.4 Å². The number of amides is 1. The van der Waals surface area contributed by atoms with Crippen molar-refractivity contribution in [1.82, 2.24) is 4.98 Å². The number of fused-ring (bicyclic) bond motifs is 1. The van der Waals surface area contributed by atoms with E-state index in [2.05, 4.69) is 21.4 Å². The van der Waals surface area contributed by atoms with Gasteiger partial charge in [0.1, 0.15) is 10.9 Å². The number of carbonyl (C=O) groups is 1. The predicted molar refractivity (Wildman–Crippen MR) is 109 cm³/mol. The van der Waals surface area contributed by atoms with Gasteiger partial charge in [-0.25, -0.2) is 9.98 Å². The Labute approximate surface area is 159 Å². The Morgan fingerprint density at radius 3 is 2.62 bits per heavy atom. The van der Waals surface area contributed by atoms with E-state index in [9.17, 15) is 10.1 Å². The summed E-state index contributed by atoms with van der Waals surface area (Å²) in [4.78, 5) is 20.3. The van der Waals surface area contributed by atoms with Crippen molar-refractivity contribution in [3.63, 3.8) is 0 Å². The topological polar surface area (TPSA) is 78.1 Å². The Balaban J connectivity index is 1.91. The maximum atomic E-state index is 11.1. The van der Waals surface area contributed by atoms with Gasteiger partial charge in [-0.1, -0.05) is 12.1 Å². The van der Waals surface area contributed by atoms with Gasteiger partial charge >= 0.3 is 0 Å². The summed E-state index contributed by atoms with van der Waals surface area (Å²) >= 11 is 2.96. The lowest BCUT2D eigenvalue weighted by Gasteiger charge is -2.08. The van der Waals surface area contributed by atoms with Crippen LogP contribution in [-0.4, -0.2) is 22.2 Å². The minimum absolute atomic E-state index is 0.119. The fourth-order valence-electron chi connectivity index (χ4n) is 2.41. The van der Waals surface area contributed by atoms with Crippen molar-refractivity contribution in [3.8, 4) is 6.07 Å². The largest absolute Gasteiger partial charge is 0.326 e. The second-order valence-corrected chi connectivity index (χ2v) is 7.35. The third-order valence-electron chi connectivity index (χ3n) is 3.57. The molecule has 0 aliphatic carbocycles. The van der Waals surface area contributed by atoms with E-state index in [0.717, 1.165) is 20.9 Å². The molecule has 2 aromatic carbocycles. The zero-order valence-corrected chi connectivity index (χ0v) is 15.9. The Hall–Kier alpha value is -2.69. The molecule has 0 bridgehead atoms. The minimum atomic E-state index is -0.502. The number of benzene rings is 2. The van der Waals surface area contributed by atoms with E-state index in [0.29, 0.717) is 10.7 Å². The van der Waals surface area contributed by atoms with Crippen molar-refractivity contribution in [2.24, 2.45) is 4.99 Å². The molecule has 1 aromatic heterocycles. The van der Waals surface area contributed by atoms with Crippen LogP contribution in [0.5, 0.6) is 0 Å². The van der Waals surface area contributed by atoms with Gasteiger partial charge in [-0.05, 0) is 42.7 Å². The van der Waals surface area contributed by atoms with Crippen molar-refractivity contribution < 1.29 is 4.79 Å². The van der Waals surface area contributed by atoms with Crippen LogP contribution in [-0.2, 0) is 4.79 Å². The molecule has 1 atom stereocenters.